The van der Waals surface area contributed by atoms with Gasteiger partial charge in [0.15, 0.2) is 0 Å². The van der Waals surface area contributed by atoms with Crippen LogP contribution in [0.1, 0.15) is 47.2 Å². The minimum Gasteiger partial charge on any atom is -0.310 e. The first-order chi connectivity index (χ1) is 29.5. The van der Waals surface area contributed by atoms with Crippen molar-refractivity contribution in [2.45, 2.75) is 34.5 Å². The highest BCUT2D eigenvalue weighted by molar-refractivity contribution is 7.99. The molecule has 1 nitrogen and oxygen atoms in total. The van der Waals surface area contributed by atoms with Crippen LogP contribution in [0.5, 0.6) is 0 Å². The van der Waals surface area contributed by atoms with Crippen molar-refractivity contribution in [3.05, 3.63) is 246 Å². The van der Waals surface area contributed by atoms with Crippen LogP contribution in [0.4, 0.5) is 17.1 Å². The fourth-order valence-electron chi connectivity index (χ4n) is 10.8. The van der Waals surface area contributed by atoms with Crippen molar-refractivity contribution in [2.75, 3.05) is 4.90 Å². The van der Waals surface area contributed by atoms with Gasteiger partial charge in [0.05, 0.1) is 16.8 Å². The van der Waals surface area contributed by atoms with E-state index in [1.54, 1.807) is 0 Å². The Labute approximate surface area is 356 Å². The minimum atomic E-state index is -0.601. The van der Waals surface area contributed by atoms with E-state index in [0.717, 1.165) is 11.4 Å². The predicted molar refractivity (Wildman–Crippen MR) is 251 cm³/mol. The topological polar surface area (TPSA) is 3.24 Å². The third-order valence-corrected chi connectivity index (χ3v) is 14.6. The Balaban J connectivity index is 1.21. The fourth-order valence-corrected chi connectivity index (χ4v) is 12.1. The SMILES string of the molecule is CC1(C)c2ccccc2-c2ccc(N(c3ccccc3-c3ccccc3)c3cccc4c3C3(c5ccccc5Sc5c(-c6ccccc6)cccc53)c3ccccc3-4)cc21. The first kappa shape index (κ1) is 35.1. The molecule has 0 saturated carbocycles. The predicted octanol–water partition coefficient (Wildman–Crippen LogP) is 15.6. The molecular formula is C58H41NS. The summed E-state index contributed by atoms with van der Waals surface area (Å²) in [6, 6.07) is 79.3. The molecule has 0 fully saturated rings. The molecule has 1 atom stereocenters. The molecule has 0 amide bonds. The molecule has 12 rings (SSSR count). The molecule has 284 valence electrons. The van der Waals surface area contributed by atoms with E-state index in [-0.39, 0.29) is 5.41 Å². The van der Waals surface area contributed by atoms with Crippen molar-refractivity contribution in [3.63, 3.8) is 0 Å². The lowest BCUT2D eigenvalue weighted by Crippen LogP contribution is -2.33. The van der Waals surface area contributed by atoms with Crippen LogP contribution >= 0.6 is 11.8 Å². The van der Waals surface area contributed by atoms with Gasteiger partial charge in [-0.15, -0.1) is 0 Å². The summed E-state index contributed by atoms with van der Waals surface area (Å²) in [5.41, 5.74) is 20.8. The summed E-state index contributed by atoms with van der Waals surface area (Å²) in [6.45, 7) is 4.76. The van der Waals surface area contributed by atoms with Gasteiger partial charge >= 0.3 is 0 Å². The molecule has 0 saturated heterocycles. The number of nitrogens with zero attached hydrogens (tertiary/aromatic N) is 1. The first-order valence-electron chi connectivity index (χ1n) is 20.9. The highest BCUT2D eigenvalue weighted by Crippen LogP contribution is 2.66. The summed E-state index contributed by atoms with van der Waals surface area (Å²) in [4.78, 5) is 5.19. The standard InChI is InChI=1S/C58H41NS/c1-57(2)47-28-12-9-24-43(47)45-36-35-40(37-51(45)57)59(52-32-15-11-23-41(52)38-19-5-3-6-20-38)53-33-18-27-46-44-25-10-13-29-48(44)58(55(46)53)49-30-14-16-34-54(49)60-56-42(26-17-31-50(56)58)39-21-7-4-8-22-39/h3-37H,1-2H3. The zero-order chi connectivity index (χ0) is 40.0. The quantitative estimate of drug-likeness (QED) is 0.171. The number of anilines is 3. The Kier molecular flexibility index (Phi) is 7.80. The zero-order valence-corrected chi connectivity index (χ0v) is 34.4. The number of para-hydroxylation sites is 1. The van der Waals surface area contributed by atoms with Crippen LogP contribution in [0.2, 0.25) is 0 Å². The molecule has 3 aliphatic rings. The minimum absolute atomic E-state index is 0.158. The van der Waals surface area contributed by atoms with Gasteiger partial charge in [-0.3, -0.25) is 0 Å². The summed E-state index contributed by atoms with van der Waals surface area (Å²) in [7, 11) is 0. The summed E-state index contributed by atoms with van der Waals surface area (Å²) in [6.07, 6.45) is 0. The van der Waals surface area contributed by atoms with Gasteiger partial charge in [-0.05, 0) is 97.1 Å². The van der Waals surface area contributed by atoms with Gasteiger partial charge in [0.25, 0.3) is 0 Å². The normalized spacial score (nSPS) is 16.0. The van der Waals surface area contributed by atoms with Gasteiger partial charge < -0.3 is 4.90 Å². The lowest BCUT2D eigenvalue weighted by molar-refractivity contribution is 0.660. The van der Waals surface area contributed by atoms with Crippen LogP contribution in [0.15, 0.2) is 222 Å². The van der Waals surface area contributed by atoms with Crippen LogP contribution in [-0.4, -0.2) is 0 Å². The number of fused-ring (bicyclic) bond motifs is 12. The number of rotatable bonds is 5. The molecule has 0 N–H and O–H groups in total. The zero-order valence-electron chi connectivity index (χ0n) is 33.6. The molecule has 1 spiro atoms. The lowest BCUT2D eigenvalue weighted by atomic mass is 9.66. The fraction of sp³-hybridized carbons (Fsp3) is 0.0690. The van der Waals surface area contributed by atoms with Gasteiger partial charge in [0, 0.05) is 32.0 Å². The molecule has 0 aromatic heterocycles. The maximum Gasteiger partial charge on any atom is 0.0756 e. The van der Waals surface area contributed by atoms with Crippen LogP contribution in [0.3, 0.4) is 0 Å². The maximum absolute atomic E-state index is 2.58. The van der Waals surface area contributed by atoms with E-state index in [1.807, 2.05) is 11.8 Å². The Morgan fingerprint density at radius 2 is 0.883 bits per heavy atom. The van der Waals surface area contributed by atoms with Gasteiger partial charge in [0.1, 0.15) is 0 Å². The van der Waals surface area contributed by atoms with Crippen molar-refractivity contribution in [1.82, 2.24) is 0 Å². The molecule has 2 aliphatic carbocycles. The van der Waals surface area contributed by atoms with Crippen LogP contribution in [0.25, 0.3) is 44.5 Å². The second kappa shape index (κ2) is 13.3. The van der Waals surface area contributed by atoms with Crippen molar-refractivity contribution in [1.29, 1.82) is 0 Å². The highest BCUT2D eigenvalue weighted by Gasteiger charge is 2.52. The molecule has 0 radical (unpaired) electrons. The number of hydrogen-bond acceptors (Lipinski definition) is 2. The molecule has 9 aromatic carbocycles. The summed E-state index contributed by atoms with van der Waals surface area (Å²) in [5.74, 6) is 0. The Bertz CT molecular complexity index is 3160. The molecule has 1 unspecified atom stereocenters. The number of benzene rings is 9. The summed E-state index contributed by atoms with van der Waals surface area (Å²) in [5, 5.41) is 0. The van der Waals surface area contributed by atoms with Gasteiger partial charge in [-0.1, -0.05) is 208 Å². The van der Waals surface area contributed by atoms with E-state index in [4.69, 9.17) is 0 Å². The molecule has 1 aliphatic heterocycles. The smallest absolute Gasteiger partial charge is 0.0756 e. The molecule has 9 aromatic rings. The van der Waals surface area contributed by atoms with E-state index in [2.05, 4.69) is 231 Å². The molecule has 2 heteroatoms. The maximum atomic E-state index is 2.58. The Hall–Kier alpha value is -6.87. The third kappa shape index (κ3) is 4.89. The first-order valence-corrected chi connectivity index (χ1v) is 21.8. The van der Waals surface area contributed by atoms with Crippen molar-refractivity contribution in [2.24, 2.45) is 0 Å². The Morgan fingerprint density at radius 3 is 1.65 bits per heavy atom. The highest BCUT2D eigenvalue weighted by atomic mass is 32.2. The van der Waals surface area contributed by atoms with Crippen molar-refractivity contribution >= 4 is 28.8 Å². The summed E-state index contributed by atoms with van der Waals surface area (Å²) < 4.78 is 0. The van der Waals surface area contributed by atoms with E-state index < -0.39 is 5.41 Å². The van der Waals surface area contributed by atoms with Gasteiger partial charge in [-0.25, -0.2) is 0 Å². The van der Waals surface area contributed by atoms with Crippen LogP contribution in [0, 0.1) is 0 Å². The largest absolute Gasteiger partial charge is 0.310 e. The van der Waals surface area contributed by atoms with E-state index in [1.165, 1.54) is 93.4 Å². The molecule has 0 bridgehead atoms. The van der Waals surface area contributed by atoms with Crippen LogP contribution in [-0.2, 0) is 10.8 Å². The van der Waals surface area contributed by atoms with Crippen molar-refractivity contribution < 1.29 is 0 Å². The van der Waals surface area contributed by atoms with Crippen molar-refractivity contribution in [3.8, 4) is 44.5 Å². The second-order valence-electron chi connectivity index (χ2n) is 16.8. The second-order valence-corrected chi connectivity index (χ2v) is 17.8. The summed E-state index contributed by atoms with van der Waals surface area (Å²) >= 11 is 1.91. The van der Waals surface area contributed by atoms with E-state index in [9.17, 15) is 0 Å². The van der Waals surface area contributed by atoms with E-state index in [0.29, 0.717) is 0 Å². The molecule has 60 heavy (non-hydrogen) atoms. The Morgan fingerprint density at radius 1 is 0.367 bits per heavy atom. The van der Waals surface area contributed by atoms with E-state index >= 15 is 0 Å². The lowest BCUT2D eigenvalue weighted by Gasteiger charge is -2.42. The average molecular weight is 784 g/mol. The third-order valence-electron chi connectivity index (χ3n) is 13.3. The van der Waals surface area contributed by atoms with Gasteiger partial charge in [-0.2, -0.15) is 0 Å². The van der Waals surface area contributed by atoms with Gasteiger partial charge in [0.2, 0.25) is 0 Å². The molecular weight excluding hydrogens is 743 g/mol. The monoisotopic (exact) mass is 783 g/mol. The number of hydrogen-bond donors (Lipinski definition) is 0. The average Bonchev–Trinajstić information content (AvgIpc) is 3.73. The molecule has 1 heterocycles. The van der Waals surface area contributed by atoms with Crippen LogP contribution < -0.4 is 4.90 Å².